The minimum absolute atomic E-state index is 0.138. The number of hydrogen-bond donors (Lipinski definition) is 2. The molecule has 2 amide bonds. The van der Waals surface area contributed by atoms with E-state index in [2.05, 4.69) is 30.7 Å². The van der Waals surface area contributed by atoms with Gasteiger partial charge in [-0.2, -0.15) is 5.10 Å². The van der Waals surface area contributed by atoms with E-state index in [-0.39, 0.29) is 17.9 Å². The number of nitrogens with zero attached hydrogens (tertiary/aromatic N) is 5. The highest BCUT2D eigenvalue weighted by Gasteiger charge is 2.29. The fourth-order valence-electron chi connectivity index (χ4n) is 3.04. The summed E-state index contributed by atoms with van der Waals surface area (Å²) < 4.78 is 1.75. The number of carbonyl (C=O) groups excluding carboxylic acids is 2. The molecule has 0 radical (unpaired) electrons. The maximum absolute atomic E-state index is 12.5. The molecular formula is C18H17N7O2. The summed E-state index contributed by atoms with van der Waals surface area (Å²) in [5.74, 6) is -0.460. The van der Waals surface area contributed by atoms with Crippen molar-refractivity contribution in [3.8, 4) is 0 Å². The van der Waals surface area contributed by atoms with Gasteiger partial charge in [-0.1, -0.05) is 6.07 Å². The third-order valence-corrected chi connectivity index (χ3v) is 4.35. The lowest BCUT2D eigenvalue weighted by Crippen LogP contribution is -2.36. The van der Waals surface area contributed by atoms with Gasteiger partial charge in [0.2, 0.25) is 0 Å². The highest BCUT2D eigenvalue weighted by molar-refractivity contribution is 5.95. The average molecular weight is 363 g/mol. The Balaban J connectivity index is 1.38. The largest absolute Gasteiger partial charge is 0.348 e. The van der Waals surface area contributed by atoms with Crippen LogP contribution < -0.4 is 10.6 Å². The molecule has 136 valence electrons. The van der Waals surface area contributed by atoms with Crippen molar-refractivity contribution in [1.82, 2.24) is 35.4 Å². The van der Waals surface area contributed by atoms with Crippen LogP contribution in [0.4, 0.5) is 0 Å². The molecule has 4 heterocycles. The van der Waals surface area contributed by atoms with Gasteiger partial charge in [0.05, 0.1) is 30.0 Å². The van der Waals surface area contributed by atoms with Crippen LogP contribution in [-0.4, -0.2) is 42.6 Å². The van der Waals surface area contributed by atoms with Crippen molar-refractivity contribution in [2.75, 3.05) is 0 Å². The molecule has 2 N–H and O–H groups in total. The second-order valence-electron chi connectivity index (χ2n) is 6.20. The molecule has 0 unspecified atom stereocenters. The summed E-state index contributed by atoms with van der Waals surface area (Å²) in [6.45, 7) is 0.910. The Morgan fingerprint density at radius 1 is 1.15 bits per heavy atom. The first-order valence-corrected chi connectivity index (χ1v) is 8.49. The van der Waals surface area contributed by atoms with Crippen LogP contribution in [0.15, 0.2) is 49.3 Å². The summed E-state index contributed by atoms with van der Waals surface area (Å²) in [4.78, 5) is 36.5. The van der Waals surface area contributed by atoms with Crippen molar-refractivity contribution in [3.05, 3.63) is 71.8 Å². The molecule has 3 aromatic heterocycles. The number of rotatable bonds is 5. The minimum Gasteiger partial charge on any atom is -0.348 e. The Labute approximate surface area is 154 Å². The zero-order chi connectivity index (χ0) is 18.6. The molecule has 27 heavy (non-hydrogen) atoms. The number of fused-ring (bicyclic) bond motifs is 1. The van der Waals surface area contributed by atoms with Gasteiger partial charge in [-0.25, -0.2) is 9.97 Å². The van der Waals surface area contributed by atoms with Gasteiger partial charge in [-0.3, -0.25) is 19.3 Å². The molecule has 4 rings (SSSR count). The highest BCUT2D eigenvalue weighted by Crippen LogP contribution is 2.19. The third-order valence-electron chi connectivity index (χ3n) is 4.35. The summed E-state index contributed by atoms with van der Waals surface area (Å²) in [7, 11) is 0. The van der Waals surface area contributed by atoms with E-state index in [0.29, 0.717) is 30.8 Å². The van der Waals surface area contributed by atoms with Crippen molar-refractivity contribution in [3.63, 3.8) is 0 Å². The SMILES string of the molecule is O=C(N[C@H]1Cc2c(C(=O)NCc3cccnc3)cnn2C1)c1ccncn1. The molecular weight excluding hydrogens is 346 g/mol. The third kappa shape index (κ3) is 3.66. The molecule has 0 saturated heterocycles. The number of amides is 2. The molecule has 0 saturated carbocycles. The standard InChI is InChI=1S/C18H17N7O2/c26-17(21-8-12-2-1-4-19-7-12)14-9-23-25-10-13(6-16(14)25)24-18(27)15-3-5-20-11-22-15/h1-5,7,9,11,13H,6,8,10H2,(H,21,26)(H,24,27)/t13-/m0/s1. The summed E-state index contributed by atoms with van der Waals surface area (Å²) >= 11 is 0. The van der Waals surface area contributed by atoms with Crippen molar-refractivity contribution >= 4 is 11.8 Å². The molecule has 3 aromatic rings. The average Bonchev–Trinajstić information content (AvgIpc) is 3.27. The second kappa shape index (κ2) is 7.32. The van der Waals surface area contributed by atoms with Crippen LogP contribution in [0.25, 0.3) is 0 Å². The van der Waals surface area contributed by atoms with E-state index in [1.165, 1.54) is 12.5 Å². The quantitative estimate of drug-likeness (QED) is 0.676. The van der Waals surface area contributed by atoms with Gasteiger partial charge in [-0.15, -0.1) is 0 Å². The first-order chi connectivity index (χ1) is 13.2. The van der Waals surface area contributed by atoms with E-state index < -0.39 is 0 Å². The first kappa shape index (κ1) is 16.8. The molecule has 9 heteroatoms. The zero-order valence-electron chi connectivity index (χ0n) is 14.4. The van der Waals surface area contributed by atoms with Crippen LogP contribution in [0.5, 0.6) is 0 Å². The molecule has 1 aliphatic rings. The predicted octanol–water partition coefficient (Wildman–Crippen LogP) is 0.353. The van der Waals surface area contributed by atoms with Crippen LogP contribution in [0.3, 0.4) is 0 Å². The summed E-state index contributed by atoms with van der Waals surface area (Å²) in [5, 5.41) is 10.1. The van der Waals surface area contributed by atoms with E-state index in [4.69, 9.17) is 0 Å². The topological polar surface area (TPSA) is 115 Å². The van der Waals surface area contributed by atoms with Crippen molar-refractivity contribution in [2.45, 2.75) is 25.6 Å². The molecule has 0 aliphatic carbocycles. The second-order valence-corrected chi connectivity index (χ2v) is 6.20. The fourth-order valence-corrected chi connectivity index (χ4v) is 3.04. The van der Waals surface area contributed by atoms with Gasteiger partial charge in [0.25, 0.3) is 11.8 Å². The van der Waals surface area contributed by atoms with E-state index >= 15 is 0 Å². The smallest absolute Gasteiger partial charge is 0.270 e. The number of aromatic nitrogens is 5. The van der Waals surface area contributed by atoms with Crippen LogP contribution in [0, 0.1) is 0 Å². The summed E-state index contributed by atoms with van der Waals surface area (Å²) in [5.41, 5.74) is 2.57. The van der Waals surface area contributed by atoms with Gasteiger partial charge in [0.1, 0.15) is 12.0 Å². The number of nitrogens with one attached hydrogen (secondary N) is 2. The van der Waals surface area contributed by atoms with Crippen molar-refractivity contribution in [2.24, 2.45) is 0 Å². The van der Waals surface area contributed by atoms with Crippen LogP contribution >= 0.6 is 0 Å². The molecule has 1 atom stereocenters. The predicted molar refractivity (Wildman–Crippen MR) is 94.6 cm³/mol. The Hall–Kier alpha value is -3.62. The van der Waals surface area contributed by atoms with Gasteiger partial charge in [0.15, 0.2) is 0 Å². The van der Waals surface area contributed by atoms with Crippen LogP contribution in [0.1, 0.15) is 32.1 Å². The minimum atomic E-state index is -0.268. The highest BCUT2D eigenvalue weighted by atomic mass is 16.2. The van der Waals surface area contributed by atoms with Gasteiger partial charge >= 0.3 is 0 Å². The number of pyridine rings is 1. The Kier molecular flexibility index (Phi) is 4.56. The monoisotopic (exact) mass is 363 g/mol. The van der Waals surface area contributed by atoms with Gasteiger partial charge in [-0.05, 0) is 17.7 Å². The Morgan fingerprint density at radius 2 is 2.07 bits per heavy atom. The molecule has 0 spiro atoms. The Morgan fingerprint density at radius 3 is 2.85 bits per heavy atom. The van der Waals surface area contributed by atoms with Crippen molar-refractivity contribution < 1.29 is 9.59 Å². The zero-order valence-corrected chi connectivity index (χ0v) is 14.4. The lowest BCUT2D eigenvalue weighted by molar-refractivity contribution is 0.0930. The number of hydrogen-bond acceptors (Lipinski definition) is 6. The molecule has 9 nitrogen and oxygen atoms in total. The number of carbonyl (C=O) groups is 2. The van der Waals surface area contributed by atoms with E-state index in [0.717, 1.165) is 11.3 Å². The maximum Gasteiger partial charge on any atom is 0.270 e. The molecule has 0 bridgehead atoms. The van der Waals surface area contributed by atoms with E-state index in [1.54, 1.807) is 29.3 Å². The lowest BCUT2D eigenvalue weighted by atomic mass is 10.1. The molecule has 0 fully saturated rings. The first-order valence-electron chi connectivity index (χ1n) is 8.49. The maximum atomic E-state index is 12.5. The molecule has 0 aromatic carbocycles. The van der Waals surface area contributed by atoms with E-state index in [1.807, 2.05) is 12.1 Å². The van der Waals surface area contributed by atoms with Gasteiger partial charge in [0, 0.05) is 31.6 Å². The van der Waals surface area contributed by atoms with Crippen LogP contribution in [0.2, 0.25) is 0 Å². The normalized spacial score (nSPS) is 15.2. The fraction of sp³-hybridized carbons (Fsp3) is 0.222. The molecule has 1 aliphatic heterocycles. The van der Waals surface area contributed by atoms with Gasteiger partial charge < -0.3 is 10.6 Å². The van der Waals surface area contributed by atoms with Crippen molar-refractivity contribution in [1.29, 1.82) is 0 Å². The lowest BCUT2D eigenvalue weighted by Gasteiger charge is -2.11. The van der Waals surface area contributed by atoms with Crippen LogP contribution in [-0.2, 0) is 19.5 Å². The van der Waals surface area contributed by atoms with E-state index in [9.17, 15) is 9.59 Å². The Bertz CT molecular complexity index is 956. The summed E-state index contributed by atoms with van der Waals surface area (Å²) in [6, 6.07) is 5.14. The summed E-state index contributed by atoms with van der Waals surface area (Å²) in [6.07, 6.45) is 8.35.